The van der Waals surface area contributed by atoms with Crippen molar-refractivity contribution in [2.75, 3.05) is 5.32 Å². The molecule has 0 saturated heterocycles. The van der Waals surface area contributed by atoms with Gasteiger partial charge in [0.25, 0.3) is 0 Å². The number of aromatic nitrogens is 1. The third kappa shape index (κ3) is 2.01. The zero-order chi connectivity index (χ0) is 12.5. The number of aromatic hydroxyl groups is 1. The van der Waals surface area contributed by atoms with Gasteiger partial charge in [-0.2, -0.15) is 4.39 Å². The maximum Gasteiger partial charge on any atom is 0.214 e. The monoisotopic (exact) mass is 244 g/mol. The predicted octanol–water partition coefficient (Wildman–Crippen LogP) is 3.03. The average Bonchev–Trinajstić information content (AvgIpc) is 2.72. The van der Waals surface area contributed by atoms with E-state index in [1.807, 2.05) is 6.07 Å². The van der Waals surface area contributed by atoms with Gasteiger partial charge in [0.2, 0.25) is 5.95 Å². The largest absolute Gasteiger partial charge is 0.508 e. The van der Waals surface area contributed by atoms with Gasteiger partial charge in [0.05, 0.1) is 6.04 Å². The van der Waals surface area contributed by atoms with Crippen LogP contribution in [0.4, 0.5) is 10.2 Å². The van der Waals surface area contributed by atoms with E-state index < -0.39 is 5.95 Å². The summed E-state index contributed by atoms with van der Waals surface area (Å²) in [6.07, 6.45) is 1.84. The molecule has 1 aliphatic carbocycles. The van der Waals surface area contributed by atoms with Crippen molar-refractivity contribution in [2.45, 2.75) is 18.9 Å². The van der Waals surface area contributed by atoms with Crippen molar-refractivity contribution in [3.63, 3.8) is 0 Å². The Kier molecular flexibility index (Phi) is 2.63. The third-order valence-corrected chi connectivity index (χ3v) is 3.24. The number of aryl methyl sites for hydroxylation is 1. The number of anilines is 1. The lowest BCUT2D eigenvalue weighted by molar-refractivity contribution is 0.474. The molecular weight excluding hydrogens is 231 g/mol. The standard InChI is InChI=1S/C14H13FN2O/c15-13-2-1-3-14(17-13)16-12-7-4-9-8-10(18)5-6-11(9)12/h1-3,5-6,8,12,18H,4,7H2,(H,16,17). The van der Waals surface area contributed by atoms with Gasteiger partial charge in [-0.1, -0.05) is 12.1 Å². The first-order valence-electron chi connectivity index (χ1n) is 5.93. The topological polar surface area (TPSA) is 45.1 Å². The molecule has 0 fully saturated rings. The summed E-state index contributed by atoms with van der Waals surface area (Å²) in [4.78, 5) is 3.80. The zero-order valence-corrected chi connectivity index (χ0v) is 9.73. The molecule has 0 aliphatic heterocycles. The molecule has 1 aromatic carbocycles. The Morgan fingerprint density at radius 1 is 1.28 bits per heavy atom. The molecule has 3 nitrogen and oxygen atoms in total. The summed E-state index contributed by atoms with van der Waals surface area (Å²) in [7, 11) is 0. The van der Waals surface area contributed by atoms with Gasteiger partial charge in [-0.3, -0.25) is 0 Å². The summed E-state index contributed by atoms with van der Waals surface area (Å²) in [5.74, 6) is 0.350. The van der Waals surface area contributed by atoms with Crippen LogP contribution in [0, 0.1) is 5.95 Å². The second kappa shape index (κ2) is 4.29. The van der Waals surface area contributed by atoms with Crippen LogP contribution in [0.1, 0.15) is 23.6 Å². The number of hydrogen-bond donors (Lipinski definition) is 2. The Morgan fingerprint density at radius 3 is 3.00 bits per heavy atom. The molecule has 0 amide bonds. The van der Waals surface area contributed by atoms with E-state index in [9.17, 15) is 9.50 Å². The highest BCUT2D eigenvalue weighted by molar-refractivity contribution is 5.45. The van der Waals surface area contributed by atoms with E-state index in [1.165, 1.54) is 6.07 Å². The van der Waals surface area contributed by atoms with Crippen molar-refractivity contribution >= 4 is 5.82 Å². The molecule has 3 rings (SSSR count). The van der Waals surface area contributed by atoms with Gasteiger partial charge in [-0.25, -0.2) is 4.98 Å². The van der Waals surface area contributed by atoms with E-state index >= 15 is 0 Å². The van der Waals surface area contributed by atoms with Crippen LogP contribution in [0.2, 0.25) is 0 Å². The highest BCUT2D eigenvalue weighted by atomic mass is 19.1. The number of rotatable bonds is 2. The van der Waals surface area contributed by atoms with E-state index in [0.29, 0.717) is 11.6 Å². The van der Waals surface area contributed by atoms with Gasteiger partial charge in [0.15, 0.2) is 0 Å². The minimum atomic E-state index is -0.482. The van der Waals surface area contributed by atoms with Crippen LogP contribution in [0.3, 0.4) is 0 Å². The molecule has 1 atom stereocenters. The number of pyridine rings is 1. The van der Waals surface area contributed by atoms with Crippen molar-refractivity contribution < 1.29 is 9.50 Å². The number of phenolic OH excluding ortho intramolecular Hbond substituents is 1. The number of fused-ring (bicyclic) bond motifs is 1. The van der Waals surface area contributed by atoms with Gasteiger partial charge < -0.3 is 10.4 Å². The lowest BCUT2D eigenvalue weighted by Gasteiger charge is -2.14. The number of benzene rings is 1. The predicted molar refractivity (Wildman–Crippen MR) is 67.0 cm³/mol. The van der Waals surface area contributed by atoms with Gasteiger partial charge in [-0.15, -0.1) is 0 Å². The molecule has 2 aromatic rings. The van der Waals surface area contributed by atoms with Crippen LogP contribution in [-0.2, 0) is 6.42 Å². The second-order valence-corrected chi connectivity index (χ2v) is 4.46. The second-order valence-electron chi connectivity index (χ2n) is 4.46. The molecule has 1 heterocycles. The summed E-state index contributed by atoms with van der Waals surface area (Å²) in [5, 5.41) is 12.7. The normalized spacial score (nSPS) is 17.5. The Labute approximate surface area is 104 Å². The van der Waals surface area contributed by atoms with Gasteiger partial charge in [0.1, 0.15) is 11.6 Å². The lowest BCUT2D eigenvalue weighted by atomic mass is 10.1. The van der Waals surface area contributed by atoms with E-state index in [2.05, 4.69) is 10.3 Å². The number of hydrogen-bond acceptors (Lipinski definition) is 3. The minimum absolute atomic E-state index is 0.134. The lowest BCUT2D eigenvalue weighted by Crippen LogP contribution is -2.08. The average molecular weight is 244 g/mol. The number of halogens is 1. The Bertz CT molecular complexity index is 586. The molecule has 0 radical (unpaired) electrons. The van der Waals surface area contributed by atoms with E-state index in [0.717, 1.165) is 24.0 Å². The van der Waals surface area contributed by atoms with Gasteiger partial charge >= 0.3 is 0 Å². The van der Waals surface area contributed by atoms with E-state index in [1.54, 1.807) is 24.3 Å². The van der Waals surface area contributed by atoms with Crippen LogP contribution in [-0.4, -0.2) is 10.1 Å². The number of phenols is 1. The zero-order valence-electron chi connectivity index (χ0n) is 9.73. The van der Waals surface area contributed by atoms with Crippen LogP contribution in [0.15, 0.2) is 36.4 Å². The Hall–Kier alpha value is -2.10. The third-order valence-electron chi connectivity index (χ3n) is 3.24. The van der Waals surface area contributed by atoms with Crippen molar-refractivity contribution in [1.29, 1.82) is 0 Å². The summed E-state index contributed by atoms with van der Waals surface area (Å²) in [6.45, 7) is 0. The fourth-order valence-corrected chi connectivity index (χ4v) is 2.42. The molecule has 18 heavy (non-hydrogen) atoms. The summed E-state index contributed by atoms with van der Waals surface area (Å²) >= 11 is 0. The van der Waals surface area contributed by atoms with Crippen LogP contribution in [0.25, 0.3) is 0 Å². The summed E-state index contributed by atoms with van der Waals surface area (Å²) in [5.41, 5.74) is 2.29. The number of nitrogens with one attached hydrogen (secondary N) is 1. The van der Waals surface area contributed by atoms with Gasteiger partial charge in [-0.05, 0) is 48.2 Å². The fourth-order valence-electron chi connectivity index (χ4n) is 2.42. The maximum absolute atomic E-state index is 13.0. The molecule has 4 heteroatoms. The molecule has 0 spiro atoms. The summed E-state index contributed by atoms with van der Waals surface area (Å²) < 4.78 is 13.0. The Morgan fingerprint density at radius 2 is 2.17 bits per heavy atom. The Balaban J connectivity index is 1.85. The maximum atomic E-state index is 13.0. The van der Waals surface area contributed by atoms with Crippen molar-refractivity contribution in [2.24, 2.45) is 0 Å². The van der Waals surface area contributed by atoms with Gasteiger partial charge in [0, 0.05) is 0 Å². The fraction of sp³-hybridized carbons (Fsp3) is 0.214. The van der Waals surface area contributed by atoms with Crippen LogP contribution >= 0.6 is 0 Å². The number of nitrogens with zero attached hydrogens (tertiary/aromatic N) is 1. The highest BCUT2D eigenvalue weighted by Crippen LogP contribution is 2.35. The molecule has 1 aromatic heterocycles. The molecule has 1 unspecified atom stereocenters. The molecule has 2 N–H and O–H groups in total. The van der Waals surface area contributed by atoms with Crippen LogP contribution < -0.4 is 5.32 Å². The molecule has 0 bridgehead atoms. The first kappa shape index (κ1) is 11.0. The molecule has 0 saturated carbocycles. The van der Waals surface area contributed by atoms with E-state index in [-0.39, 0.29) is 6.04 Å². The van der Waals surface area contributed by atoms with Crippen molar-refractivity contribution in [1.82, 2.24) is 4.98 Å². The quantitative estimate of drug-likeness (QED) is 0.798. The molecule has 92 valence electrons. The SMILES string of the molecule is Oc1ccc2c(c1)CCC2Nc1cccc(F)n1. The van der Waals surface area contributed by atoms with Crippen molar-refractivity contribution in [3.8, 4) is 5.75 Å². The van der Waals surface area contributed by atoms with E-state index in [4.69, 9.17) is 0 Å². The molecular formula is C14H13FN2O. The summed E-state index contributed by atoms with van der Waals surface area (Å²) in [6, 6.07) is 10.2. The minimum Gasteiger partial charge on any atom is -0.508 e. The highest BCUT2D eigenvalue weighted by Gasteiger charge is 2.22. The molecule has 1 aliphatic rings. The van der Waals surface area contributed by atoms with Crippen LogP contribution in [0.5, 0.6) is 5.75 Å². The first-order valence-corrected chi connectivity index (χ1v) is 5.93. The smallest absolute Gasteiger partial charge is 0.214 e. The first-order chi connectivity index (χ1) is 8.72. The van der Waals surface area contributed by atoms with Crippen molar-refractivity contribution in [3.05, 3.63) is 53.5 Å².